The molecule has 0 saturated carbocycles. The van der Waals surface area contributed by atoms with Gasteiger partial charge in [0.1, 0.15) is 5.75 Å². The lowest BCUT2D eigenvalue weighted by molar-refractivity contribution is 0.475. The molecule has 0 aliphatic carbocycles. The van der Waals surface area contributed by atoms with Crippen molar-refractivity contribution in [2.45, 2.75) is 0 Å². The lowest BCUT2D eigenvalue weighted by Gasteiger charge is -2.27. The summed E-state index contributed by atoms with van der Waals surface area (Å²) in [4.78, 5) is 0. The van der Waals surface area contributed by atoms with E-state index in [1.54, 1.807) is 12.1 Å². The fourth-order valence-electron chi connectivity index (χ4n) is 5.36. The number of phenols is 1. The molecule has 3 heteroatoms. The summed E-state index contributed by atoms with van der Waals surface area (Å²) in [6.45, 7) is 0. The molecule has 0 aliphatic heterocycles. The topological polar surface area (TPSA) is 72.3 Å². The van der Waals surface area contributed by atoms with Crippen LogP contribution in [0.3, 0.4) is 0 Å². The van der Waals surface area contributed by atoms with Crippen molar-refractivity contribution < 1.29 is 5.11 Å². The van der Waals surface area contributed by atoms with Gasteiger partial charge in [0.2, 0.25) is 0 Å². The Labute approximate surface area is 228 Å². The molecule has 0 aliphatic rings. The maximum Gasteiger partial charge on any atom is 0.116 e. The van der Waals surface area contributed by atoms with Gasteiger partial charge in [0.15, 0.2) is 0 Å². The van der Waals surface area contributed by atoms with Gasteiger partial charge in [-0.1, -0.05) is 115 Å². The lowest BCUT2D eigenvalue weighted by atomic mass is 9.77. The highest BCUT2D eigenvalue weighted by molar-refractivity contribution is 6.13. The van der Waals surface area contributed by atoms with Crippen LogP contribution in [0.25, 0.3) is 55.6 Å². The SMILES string of the molecule is Nc1ccc(-c2c(-c3ccccc3)c(-c3ccccc3)c(N)c(-c3ccccc3)c2-c2cccc(O)c2)cc1. The van der Waals surface area contributed by atoms with Crippen LogP contribution in [0.2, 0.25) is 0 Å². The minimum absolute atomic E-state index is 0.196. The van der Waals surface area contributed by atoms with Crippen LogP contribution in [0, 0.1) is 0 Å². The Kier molecular flexibility index (Phi) is 6.32. The van der Waals surface area contributed by atoms with Crippen LogP contribution in [0.4, 0.5) is 11.4 Å². The van der Waals surface area contributed by atoms with Gasteiger partial charge in [-0.3, -0.25) is 0 Å². The Bertz CT molecular complexity index is 1740. The highest BCUT2D eigenvalue weighted by Gasteiger charge is 2.27. The molecule has 6 rings (SSSR count). The van der Waals surface area contributed by atoms with E-state index in [1.807, 2.05) is 78.9 Å². The number of hydrogen-bond donors (Lipinski definition) is 3. The molecule has 0 unspecified atom stereocenters. The van der Waals surface area contributed by atoms with Crippen molar-refractivity contribution in [1.82, 2.24) is 0 Å². The van der Waals surface area contributed by atoms with Crippen LogP contribution >= 0.6 is 0 Å². The molecule has 0 heterocycles. The van der Waals surface area contributed by atoms with E-state index < -0.39 is 0 Å². The van der Waals surface area contributed by atoms with Gasteiger partial charge in [0, 0.05) is 33.6 Å². The van der Waals surface area contributed by atoms with Crippen LogP contribution in [0.15, 0.2) is 140 Å². The first-order valence-electron chi connectivity index (χ1n) is 12.9. The second kappa shape index (κ2) is 10.2. The van der Waals surface area contributed by atoms with E-state index >= 15 is 0 Å². The fraction of sp³-hybridized carbons (Fsp3) is 0. The van der Waals surface area contributed by atoms with E-state index in [1.165, 1.54) is 0 Å². The Morgan fingerprint density at radius 3 is 1.23 bits per heavy atom. The molecule has 6 aromatic rings. The zero-order chi connectivity index (χ0) is 26.8. The quantitative estimate of drug-likeness (QED) is 0.205. The summed E-state index contributed by atoms with van der Waals surface area (Å²) in [5.41, 5.74) is 24.6. The predicted octanol–water partition coefficient (Wildman–Crippen LogP) is 8.89. The van der Waals surface area contributed by atoms with Gasteiger partial charge in [-0.05, 0) is 57.6 Å². The predicted molar refractivity (Wildman–Crippen MR) is 164 cm³/mol. The third-order valence-corrected chi connectivity index (χ3v) is 7.06. The third kappa shape index (κ3) is 4.51. The monoisotopic (exact) mass is 504 g/mol. The zero-order valence-corrected chi connectivity index (χ0v) is 21.4. The van der Waals surface area contributed by atoms with Crippen molar-refractivity contribution >= 4 is 11.4 Å². The second-order valence-corrected chi connectivity index (χ2v) is 9.56. The molecule has 5 N–H and O–H groups in total. The third-order valence-electron chi connectivity index (χ3n) is 7.06. The van der Waals surface area contributed by atoms with Crippen molar-refractivity contribution in [3.05, 3.63) is 140 Å². The first-order valence-corrected chi connectivity index (χ1v) is 12.9. The highest BCUT2D eigenvalue weighted by Crippen LogP contribution is 2.54. The van der Waals surface area contributed by atoms with Gasteiger partial charge < -0.3 is 16.6 Å². The number of rotatable bonds is 5. The molecule has 0 fully saturated rings. The Morgan fingerprint density at radius 2 is 0.744 bits per heavy atom. The van der Waals surface area contributed by atoms with E-state index in [9.17, 15) is 5.11 Å². The van der Waals surface area contributed by atoms with Crippen molar-refractivity contribution in [1.29, 1.82) is 0 Å². The van der Waals surface area contributed by atoms with Crippen molar-refractivity contribution in [3.63, 3.8) is 0 Å². The van der Waals surface area contributed by atoms with Gasteiger partial charge in [0.25, 0.3) is 0 Å². The van der Waals surface area contributed by atoms with E-state index in [4.69, 9.17) is 11.5 Å². The number of aromatic hydroxyl groups is 1. The Balaban J connectivity index is 1.89. The molecule has 0 atom stereocenters. The van der Waals surface area contributed by atoms with Crippen molar-refractivity contribution in [2.24, 2.45) is 0 Å². The van der Waals surface area contributed by atoms with Crippen LogP contribution in [0.5, 0.6) is 5.75 Å². The van der Waals surface area contributed by atoms with Crippen molar-refractivity contribution in [3.8, 4) is 61.4 Å². The molecule has 0 amide bonds. The number of benzene rings is 6. The van der Waals surface area contributed by atoms with Gasteiger partial charge in [-0.2, -0.15) is 0 Å². The maximum atomic E-state index is 10.6. The Hall–Kier alpha value is -5.28. The minimum Gasteiger partial charge on any atom is -0.508 e. The summed E-state index contributed by atoms with van der Waals surface area (Å²) >= 11 is 0. The number of nitrogen functional groups attached to an aromatic ring is 2. The molecular formula is C36H28N2O. The van der Waals surface area contributed by atoms with E-state index in [0.29, 0.717) is 11.4 Å². The summed E-state index contributed by atoms with van der Waals surface area (Å²) in [6.07, 6.45) is 0. The summed E-state index contributed by atoms with van der Waals surface area (Å²) < 4.78 is 0. The number of phenolic OH excluding ortho intramolecular Hbond substituents is 1. The molecule has 0 bridgehead atoms. The average molecular weight is 505 g/mol. The second-order valence-electron chi connectivity index (χ2n) is 9.56. The normalized spacial score (nSPS) is 10.9. The smallest absolute Gasteiger partial charge is 0.116 e. The van der Waals surface area contributed by atoms with Gasteiger partial charge >= 0.3 is 0 Å². The molecule has 0 aromatic heterocycles. The lowest BCUT2D eigenvalue weighted by Crippen LogP contribution is -2.03. The average Bonchev–Trinajstić information content (AvgIpc) is 2.98. The molecule has 0 spiro atoms. The van der Waals surface area contributed by atoms with Crippen molar-refractivity contribution in [2.75, 3.05) is 11.5 Å². The minimum atomic E-state index is 0.196. The fourth-order valence-corrected chi connectivity index (χ4v) is 5.36. The van der Waals surface area contributed by atoms with E-state index in [-0.39, 0.29) is 5.75 Å². The molecule has 188 valence electrons. The van der Waals surface area contributed by atoms with Gasteiger partial charge in [-0.15, -0.1) is 0 Å². The molecule has 0 saturated heterocycles. The zero-order valence-electron chi connectivity index (χ0n) is 21.4. The largest absolute Gasteiger partial charge is 0.508 e. The summed E-state index contributed by atoms with van der Waals surface area (Å²) in [7, 11) is 0. The van der Waals surface area contributed by atoms with Crippen LogP contribution < -0.4 is 11.5 Å². The number of nitrogens with two attached hydrogens (primary N) is 2. The maximum absolute atomic E-state index is 10.6. The highest BCUT2D eigenvalue weighted by atomic mass is 16.3. The molecule has 3 nitrogen and oxygen atoms in total. The van der Waals surface area contributed by atoms with Crippen LogP contribution in [-0.2, 0) is 0 Å². The summed E-state index contributed by atoms with van der Waals surface area (Å²) in [6, 6.07) is 46.3. The van der Waals surface area contributed by atoms with Crippen LogP contribution in [-0.4, -0.2) is 5.11 Å². The van der Waals surface area contributed by atoms with E-state index in [2.05, 4.69) is 48.5 Å². The molecule has 6 aromatic carbocycles. The summed E-state index contributed by atoms with van der Waals surface area (Å²) in [5, 5.41) is 10.6. The number of hydrogen-bond acceptors (Lipinski definition) is 3. The number of anilines is 2. The van der Waals surface area contributed by atoms with E-state index in [0.717, 1.165) is 55.6 Å². The Morgan fingerprint density at radius 1 is 0.359 bits per heavy atom. The van der Waals surface area contributed by atoms with Gasteiger partial charge in [0.05, 0.1) is 0 Å². The molecular weight excluding hydrogens is 476 g/mol. The van der Waals surface area contributed by atoms with Crippen LogP contribution in [0.1, 0.15) is 0 Å². The first-order chi connectivity index (χ1) is 19.1. The first kappa shape index (κ1) is 24.1. The summed E-state index contributed by atoms with van der Waals surface area (Å²) in [5.74, 6) is 0.196. The molecule has 0 radical (unpaired) electrons. The van der Waals surface area contributed by atoms with Gasteiger partial charge in [-0.25, -0.2) is 0 Å². The standard InChI is InChI=1S/C36H28N2O/c37-29-21-19-27(20-22-29)31-32(24-11-4-1-5-12-24)34(25-13-6-2-7-14-25)36(38)35(26-15-8-3-9-16-26)33(31)28-17-10-18-30(39)23-28/h1-23,39H,37-38H2. The molecule has 39 heavy (non-hydrogen) atoms.